The van der Waals surface area contributed by atoms with Crippen LogP contribution in [0.3, 0.4) is 0 Å². The lowest BCUT2D eigenvalue weighted by molar-refractivity contribution is 0.104. The largest absolute Gasteiger partial charge is 0.289 e. The quantitative estimate of drug-likeness (QED) is 0.449. The fraction of sp³-hybridized carbons (Fsp3) is 0.188. The molecule has 0 saturated carbocycles. The molecule has 0 aliphatic heterocycles. The van der Waals surface area contributed by atoms with E-state index in [1.165, 1.54) is 0 Å². The van der Waals surface area contributed by atoms with Crippen molar-refractivity contribution in [3.63, 3.8) is 0 Å². The Morgan fingerprint density at radius 2 is 1.67 bits per heavy atom. The van der Waals surface area contributed by atoms with Gasteiger partial charge in [0.2, 0.25) is 0 Å². The molecule has 0 radical (unpaired) electrons. The van der Waals surface area contributed by atoms with Crippen molar-refractivity contribution < 1.29 is 4.79 Å². The first kappa shape index (κ1) is 12.8. The first-order valence-electron chi connectivity index (χ1n) is 6.19. The van der Waals surface area contributed by atoms with E-state index >= 15 is 0 Å². The lowest BCUT2D eigenvalue weighted by atomic mass is 10.0. The fourth-order valence-electron chi connectivity index (χ4n) is 1.86. The molecule has 2 aromatic rings. The number of hydrogen-bond donors (Lipinski definition) is 0. The van der Waals surface area contributed by atoms with E-state index in [2.05, 4.69) is 25.3 Å². The maximum Gasteiger partial charge on any atom is 0.185 e. The third kappa shape index (κ3) is 2.96. The van der Waals surface area contributed by atoms with Gasteiger partial charge in [0.25, 0.3) is 0 Å². The SMILES string of the molecule is C[Si](C)(C)/C=C/C(=O)c1cccc2ccccc12. The van der Waals surface area contributed by atoms with E-state index in [4.69, 9.17) is 0 Å². The smallest absolute Gasteiger partial charge is 0.185 e. The summed E-state index contributed by atoms with van der Waals surface area (Å²) in [4.78, 5) is 12.2. The molecular weight excluding hydrogens is 236 g/mol. The monoisotopic (exact) mass is 254 g/mol. The van der Waals surface area contributed by atoms with Crippen LogP contribution in [-0.4, -0.2) is 13.9 Å². The molecule has 0 unspecified atom stereocenters. The molecule has 0 saturated heterocycles. The second-order valence-electron chi connectivity index (χ2n) is 5.59. The third-order valence-corrected chi connectivity index (χ3v) is 3.96. The summed E-state index contributed by atoms with van der Waals surface area (Å²) in [6.07, 6.45) is 1.74. The Balaban J connectivity index is 2.43. The number of benzene rings is 2. The third-order valence-electron chi connectivity index (χ3n) is 2.79. The van der Waals surface area contributed by atoms with E-state index in [1.807, 2.05) is 42.5 Å². The van der Waals surface area contributed by atoms with Gasteiger partial charge in [0, 0.05) is 5.56 Å². The Morgan fingerprint density at radius 3 is 2.39 bits per heavy atom. The molecule has 0 amide bonds. The summed E-state index contributed by atoms with van der Waals surface area (Å²) in [7, 11) is -1.32. The van der Waals surface area contributed by atoms with Crippen LogP contribution >= 0.6 is 0 Å². The predicted octanol–water partition coefficient (Wildman–Crippen LogP) is 4.46. The van der Waals surface area contributed by atoms with Crippen molar-refractivity contribution in [1.82, 2.24) is 0 Å². The van der Waals surface area contributed by atoms with Gasteiger partial charge in [-0.3, -0.25) is 4.79 Å². The zero-order valence-electron chi connectivity index (χ0n) is 11.1. The lowest BCUT2D eigenvalue weighted by Crippen LogP contribution is -2.16. The van der Waals surface area contributed by atoms with Crippen LogP contribution in [0, 0.1) is 0 Å². The van der Waals surface area contributed by atoms with Gasteiger partial charge in [-0.25, -0.2) is 0 Å². The Morgan fingerprint density at radius 1 is 1.00 bits per heavy atom. The molecule has 0 atom stereocenters. The zero-order chi connectivity index (χ0) is 13.2. The summed E-state index contributed by atoms with van der Waals surface area (Å²) in [6, 6.07) is 13.9. The average molecular weight is 254 g/mol. The van der Waals surface area contributed by atoms with Crippen molar-refractivity contribution in [3.8, 4) is 0 Å². The van der Waals surface area contributed by atoms with E-state index in [-0.39, 0.29) is 5.78 Å². The van der Waals surface area contributed by atoms with Crippen LogP contribution in [-0.2, 0) is 0 Å². The molecule has 2 heteroatoms. The number of hydrogen-bond acceptors (Lipinski definition) is 1. The number of carbonyl (C=O) groups is 1. The second-order valence-corrected chi connectivity index (χ2v) is 10.7. The van der Waals surface area contributed by atoms with Crippen molar-refractivity contribution in [2.45, 2.75) is 19.6 Å². The Kier molecular flexibility index (Phi) is 3.48. The first-order valence-corrected chi connectivity index (χ1v) is 9.76. The molecule has 0 N–H and O–H groups in total. The minimum Gasteiger partial charge on any atom is -0.289 e. The van der Waals surface area contributed by atoms with Crippen LogP contribution in [0.25, 0.3) is 10.8 Å². The molecule has 0 bridgehead atoms. The van der Waals surface area contributed by atoms with E-state index in [9.17, 15) is 4.79 Å². The van der Waals surface area contributed by atoms with E-state index in [0.717, 1.165) is 16.3 Å². The normalized spacial score (nSPS) is 12.2. The lowest BCUT2D eigenvalue weighted by Gasteiger charge is -2.08. The highest BCUT2D eigenvalue weighted by molar-refractivity contribution is 6.81. The van der Waals surface area contributed by atoms with Gasteiger partial charge >= 0.3 is 0 Å². The van der Waals surface area contributed by atoms with Crippen LogP contribution in [0.5, 0.6) is 0 Å². The molecule has 18 heavy (non-hydrogen) atoms. The minimum absolute atomic E-state index is 0.106. The summed E-state index contributed by atoms with van der Waals surface area (Å²) in [5.41, 5.74) is 2.89. The Bertz CT molecular complexity index is 601. The molecule has 0 aliphatic rings. The molecule has 2 rings (SSSR count). The Hall–Kier alpha value is -1.67. The van der Waals surface area contributed by atoms with E-state index < -0.39 is 8.07 Å². The fourth-order valence-corrected chi connectivity index (χ4v) is 2.51. The number of rotatable bonds is 3. The first-order chi connectivity index (χ1) is 8.47. The van der Waals surface area contributed by atoms with Gasteiger partial charge in [-0.05, 0) is 16.8 Å². The molecule has 2 aromatic carbocycles. The maximum atomic E-state index is 12.2. The number of carbonyl (C=O) groups excluding carboxylic acids is 1. The van der Waals surface area contributed by atoms with Crippen molar-refractivity contribution in [2.24, 2.45) is 0 Å². The molecule has 1 nitrogen and oxygen atoms in total. The molecule has 0 spiro atoms. The highest BCUT2D eigenvalue weighted by Gasteiger charge is 2.10. The van der Waals surface area contributed by atoms with Gasteiger partial charge < -0.3 is 0 Å². The highest BCUT2D eigenvalue weighted by atomic mass is 28.3. The van der Waals surface area contributed by atoms with Gasteiger partial charge in [-0.1, -0.05) is 67.8 Å². The van der Waals surface area contributed by atoms with E-state index in [1.54, 1.807) is 6.08 Å². The average Bonchev–Trinajstić information content (AvgIpc) is 2.34. The Labute approximate surface area is 109 Å². The standard InChI is InChI=1S/C16H18OSi/c1-18(2,3)12-11-16(17)15-10-6-8-13-7-4-5-9-14(13)15/h4-12H,1-3H3/b12-11+. The van der Waals surface area contributed by atoms with Crippen LogP contribution < -0.4 is 0 Å². The molecule has 0 fully saturated rings. The van der Waals surface area contributed by atoms with Gasteiger partial charge in [-0.15, -0.1) is 0 Å². The van der Waals surface area contributed by atoms with Crippen LogP contribution in [0.2, 0.25) is 19.6 Å². The van der Waals surface area contributed by atoms with Crippen molar-refractivity contribution in [1.29, 1.82) is 0 Å². The van der Waals surface area contributed by atoms with Crippen molar-refractivity contribution in [2.75, 3.05) is 0 Å². The summed E-state index contributed by atoms with van der Waals surface area (Å²) < 4.78 is 0. The summed E-state index contributed by atoms with van der Waals surface area (Å²) in [6.45, 7) is 6.67. The minimum atomic E-state index is -1.32. The second kappa shape index (κ2) is 4.90. The molecule has 0 aliphatic carbocycles. The topological polar surface area (TPSA) is 17.1 Å². The predicted molar refractivity (Wildman–Crippen MR) is 80.8 cm³/mol. The number of fused-ring (bicyclic) bond motifs is 1. The summed E-state index contributed by atoms with van der Waals surface area (Å²) in [5.74, 6) is 0.106. The van der Waals surface area contributed by atoms with Crippen molar-refractivity contribution >= 4 is 24.6 Å². The maximum absolute atomic E-state index is 12.2. The highest BCUT2D eigenvalue weighted by Crippen LogP contribution is 2.19. The van der Waals surface area contributed by atoms with Crippen LogP contribution in [0.4, 0.5) is 0 Å². The summed E-state index contributed by atoms with van der Waals surface area (Å²) in [5, 5.41) is 2.15. The van der Waals surface area contributed by atoms with Gasteiger partial charge in [0.05, 0.1) is 8.07 Å². The van der Waals surface area contributed by atoms with Gasteiger partial charge in [-0.2, -0.15) is 0 Å². The molecule has 92 valence electrons. The number of ketones is 1. The van der Waals surface area contributed by atoms with E-state index in [0.29, 0.717) is 0 Å². The molecular formula is C16H18OSi. The van der Waals surface area contributed by atoms with Crippen LogP contribution in [0.15, 0.2) is 54.2 Å². The van der Waals surface area contributed by atoms with Crippen molar-refractivity contribution in [3.05, 3.63) is 59.8 Å². The van der Waals surface area contributed by atoms with Crippen LogP contribution in [0.1, 0.15) is 10.4 Å². The summed E-state index contributed by atoms with van der Waals surface area (Å²) >= 11 is 0. The van der Waals surface area contributed by atoms with Gasteiger partial charge in [0.15, 0.2) is 5.78 Å². The zero-order valence-corrected chi connectivity index (χ0v) is 12.1. The molecule has 0 aromatic heterocycles. The number of allylic oxidation sites excluding steroid dienone is 1. The van der Waals surface area contributed by atoms with Gasteiger partial charge in [0.1, 0.15) is 0 Å². The molecule has 0 heterocycles.